The van der Waals surface area contributed by atoms with Crippen LogP contribution in [0.2, 0.25) is 5.02 Å². The minimum Gasteiger partial charge on any atom is -0.351 e. The molecule has 0 saturated carbocycles. The van der Waals surface area contributed by atoms with E-state index in [4.69, 9.17) is 11.6 Å². The van der Waals surface area contributed by atoms with Gasteiger partial charge in [-0.25, -0.2) is 8.42 Å². The lowest BCUT2D eigenvalue weighted by molar-refractivity contribution is -0.120. The molecular weight excluding hydrogens is 378 g/mol. The average Bonchev–Trinajstić information content (AvgIpc) is 2.54. The second-order valence-electron chi connectivity index (χ2n) is 5.82. The maximum atomic E-state index is 12.2. The SMILES string of the molecule is CC(Sc1ccc(Cl)cc1)C(=O)NCc1ccc(CS(C)(=O)=O)cc1. The van der Waals surface area contributed by atoms with E-state index in [0.29, 0.717) is 11.6 Å². The number of thioether (sulfide) groups is 1. The molecule has 0 spiro atoms. The third kappa shape index (κ3) is 7.10. The Morgan fingerprint density at radius 1 is 1.08 bits per heavy atom. The Morgan fingerprint density at radius 2 is 1.64 bits per heavy atom. The molecule has 7 heteroatoms. The van der Waals surface area contributed by atoms with Crippen LogP contribution in [0.15, 0.2) is 53.4 Å². The van der Waals surface area contributed by atoms with Crippen LogP contribution >= 0.6 is 23.4 Å². The van der Waals surface area contributed by atoms with Crippen LogP contribution in [0, 0.1) is 0 Å². The number of hydrogen-bond donors (Lipinski definition) is 1. The van der Waals surface area contributed by atoms with Crippen molar-refractivity contribution in [3.63, 3.8) is 0 Å². The van der Waals surface area contributed by atoms with E-state index in [0.717, 1.165) is 16.0 Å². The summed E-state index contributed by atoms with van der Waals surface area (Å²) in [5.41, 5.74) is 1.67. The van der Waals surface area contributed by atoms with Crippen molar-refractivity contribution in [1.82, 2.24) is 5.32 Å². The summed E-state index contributed by atoms with van der Waals surface area (Å²) in [4.78, 5) is 13.2. The molecule has 1 amide bonds. The number of benzene rings is 2. The zero-order valence-corrected chi connectivity index (χ0v) is 16.4. The molecule has 1 atom stereocenters. The molecule has 2 rings (SSSR count). The lowest BCUT2D eigenvalue weighted by atomic mass is 10.1. The Balaban J connectivity index is 1.85. The van der Waals surface area contributed by atoms with Gasteiger partial charge in [-0.2, -0.15) is 0 Å². The summed E-state index contributed by atoms with van der Waals surface area (Å²) in [6.07, 6.45) is 1.21. The fourth-order valence-corrected chi connectivity index (χ4v) is 3.98. The van der Waals surface area contributed by atoms with Crippen LogP contribution in [0.4, 0.5) is 0 Å². The van der Waals surface area contributed by atoms with Crippen molar-refractivity contribution >= 4 is 39.1 Å². The average molecular weight is 398 g/mol. The first-order chi connectivity index (χ1) is 11.7. The standard InChI is InChI=1S/C18H20ClNO3S2/c1-13(24-17-9-7-16(19)8-10-17)18(21)20-11-14-3-5-15(6-4-14)12-25(2,22)23/h3-10,13H,11-12H2,1-2H3,(H,20,21). The number of halogens is 1. The normalized spacial score (nSPS) is 12.6. The molecule has 2 aromatic carbocycles. The van der Waals surface area contributed by atoms with Crippen LogP contribution in [0.5, 0.6) is 0 Å². The van der Waals surface area contributed by atoms with Crippen LogP contribution in [-0.2, 0) is 26.9 Å². The van der Waals surface area contributed by atoms with E-state index in [1.807, 2.05) is 31.2 Å². The van der Waals surface area contributed by atoms with Crippen molar-refractivity contribution in [2.24, 2.45) is 0 Å². The van der Waals surface area contributed by atoms with Crippen molar-refractivity contribution in [2.45, 2.75) is 29.4 Å². The van der Waals surface area contributed by atoms with Crippen molar-refractivity contribution in [2.75, 3.05) is 6.26 Å². The lowest BCUT2D eigenvalue weighted by Crippen LogP contribution is -2.30. The highest BCUT2D eigenvalue weighted by atomic mass is 35.5. The maximum absolute atomic E-state index is 12.2. The summed E-state index contributed by atoms with van der Waals surface area (Å²) >= 11 is 7.32. The van der Waals surface area contributed by atoms with Crippen LogP contribution < -0.4 is 5.32 Å². The summed E-state index contributed by atoms with van der Waals surface area (Å²) in [6, 6.07) is 14.6. The van der Waals surface area contributed by atoms with Gasteiger partial charge in [0, 0.05) is 22.7 Å². The van der Waals surface area contributed by atoms with Crippen LogP contribution in [0.25, 0.3) is 0 Å². The summed E-state index contributed by atoms with van der Waals surface area (Å²) in [6.45, 7) is 2.26. The van der Waals surface area contributed by atoms with Gasteiger partial charge in [0.1, 0.15) is 0 Å². The second kappa shape index (κ2) is 8.74. The first-order valence-corrected chi connectivity index (χ1v) is 11.0. The molecule has 1 unspecified atom stereocenters. The van der Waals surface area contributed by atoms with Crippen LogP contribution in [0.1, 0.15) is 18.1 Å². The molecule has 25 heavy (non-hydrogen) atoms. The van der Waals surface area contributed by atoms with E-state index < -0.39 is 9.84 Å². The molecule has 0 fully saturated rings. The molecule has 0 aliphatic heterocycles. The Labute approximate surface area is 157 Å². The smallest absolute Gasteiger partial charge is 0.233 e. The lowest BCUT2D eigenvalue weighted by Gasteiger charge is -2.12. The van der Waals surface area contributed by atoms with Crippen molar-refractivity contribution in [1.29, 1.82) is 0 Å². The van der Waals surface area contributed by atoms with Gasteiger partial charge in [0.15, 0.2) is 9.84 Å². The van der Waals surface area contributed by atoms with Gasteiger partial charge in [0.25, 0.3) is 0 Å². The minimum absolute atomic E-state index is 0.0222. The van der Waals surface area contributed by atoms with Crippen molar-refractivity contribution < 1.29 is 13.2 Å². The van der Waals surface area contributed by atoms with E-state index in [-0.39, 0.29) is 16.9 Å². The van der Waals surface area contributed by atoms with Crippen molar-refractivity contribution in [3.8, 4) is 0 Å². The predicted molar refractivity (Wildman–Crippen MR) is 104 cm³/mol. The molecular formula is C18H20ClNO3S2. The summed E-state index contributed by atoms with van der Waals surface area (Å²) in [5, 5.41) is 3.33. The Morgan fingerprint density at radius 3 is 2.20 bits per heavy atom. The van der Waals surface area contributed by atoms with Gasteiger partial charge in [-0.05, 0) is 42.3 Å². The molecule has 0 radical (unpaired) electrons. The number of carbonyl (C=O) groups is 1. The zero-order chi connectivity index (χ0) is 18.4. The fourth-order valence-electron chi connectivity index (χ4n) is 2.16. The summed E-state index contributed by atoms with van der Waals surface area (Å²) < 4.78 is 22.6. The number of carbonyl (C=O) groups excluding carboxylic acids is 1. The quantitative estimate of drug-likeness (QED) is 0.724. The van der Waals surface area contributed by atoms with Gasteiger partial charge >= 0.3 is 0 Å². The second-order valence-corrected chi connectivity index (χ2v) is 9.81. The summed E-state index contributed by atoms with van der Waals surface area (Å²) in [7, 11) is -3.04. The number of nitrogens with one attached hydrogen (secondary N) is 1. The van der Waals surface area contributed by atoms with Gasteiger partial charge in [-0.3, -0.25) is 4.79 Å². The van der Waals surface area contributed by atoms with Gasteiger partial charge in [-0.15, -0.1) is 11.8 Å². The molecule has 1 N–H and O–H groups in total. The first kappa shape index (κ1) is 19.8. The van der Waals surface area contributed by atoms with Crippen LogP contribution in [0.3, 0.4) is 0 Å². The monoisotopic (exact) mass is 397 g/mol. The molecule has 0 bridgehead atoms. The molecule has 0 heterocycles. The van der Waals surface area contributed by atoms with E-state index in [1.165, 1.54) is 18.0 Å². The summed E-state index contributed by atoms with van der Waals surface area (Å²) in [5.74, 6) is -0.0332. The fraction of sp³-hybridized carbons (Fsp3) is 0.278. The first-order valence-electron chi connectivity index (χ1n) is 7.68. The van der Waals surface area contributed by atoms with Crippen molar-refractivity contribution in [3.05, 3.63) is 64.7 Å². The van der Waals surface area contributed by atoms with Gasteiger partial charge < -0.3 is 5.32 Å². The molecule has 4 nitrogen and oxygen atoms in total. The molecule has 0 aliphatic rings. The van der Waals surface area contributed by atoms with Gasteiger partial charge in [0.2, 0.25) is 5.91 Å². The number of hydrogen-bond acceptors (Lipinski definition) is 4. The highest BCUT2D eigenvalue weighted by molar-refractivity contribution is 8.00. The van der Waals surface area contributed by atoms with E-state index in [9.17, 15) is 13.2 Å². The minimum atomic E-state index is -3.04. The zero-order valence-electron chi connectivity index (χ0n) is 14.0. The van der Waals surface area contributed by atoms with E-state index in [1.54, 1.807) is 24.3 Å². The Kier molecular flexibility index (Phi) is 6.93. The molecule has 0 aliphatic carbocycles. The third-order valence-corrected chi connectivity index (χ3v) is 5.64. The number of sulfone groups is 1. The molecule has 0 saturated heterocycles. The highest BCUT2D eigenvalue weighted by Gasteiger charge is 2.14. The Hall–Kier alpha value is -1.50. The molecule has 0 aromatic heterocycles. The Bertz CT molecular complexity index is 818. The van der Waals surface area contributed by atoms with Gasteiger partial charge in [-0.1, -0.05) is 35.9 Å². The van der Waals surface area contributed by atoms with E-state index >= 15 is 0 Å². The van der Waals surface area contributed by atoms with Crippen LogP contribution in [-0.4, -0.2) is 25.8 Å². The largest absolute Gasteiger partial charge is 0.351 e. The van der Waals surface area contributed by atoms with Gasteiger partial charge in [0.05, 0.1) is 11.0 Å². The predicted octanol–water partition coefficient (Wildman–Crippen LogP) is 3.68. The topological polar surface area (TPSA) is 63.2 Å². The maximum Gasteiger partial charge on any atom is 0.233 e. The number of amides is 1. The number of rotatable bonds is 7. The van der Waals surface area contributed by atoms with E-state index in [2.05, 4.69) is 5.32 Å². The highest BCUT2D eigenvalue weighted by Crippen LogP contribution is 2.24. The molecule has 134 valence electrons. The third-order valence-electron chi connectivity index (χ3n) is 3.41. The molecule has 2 aromatic rings.